The summed E-state index contributed by atoms with van der Waals surface area (Å²) < 4.78 is 43.3. The number of aromatic nitrogens is 1. The summed E-state index contributed by atoms with van der Waals surface area (Å²) in [5, 5.41) is 29.3. The fraction of sp³-hybridized carbons (Fsp3) is 0.548. The van der Waals surface area contributed by atoms with Crippen molar-refractivity contribution in [2.24, 2.45) is 11.3 Å². The maximum atomic E-state index is 14.2. The highest BCUT2D eigenvalue weighted by Crippen LogP contribution is 2.64. The van der Waals surface area contributed by atoms with Crippen LogP contribution in [0.25, 0.3) is 0 Å². The molecule has 4 fully saturated rings. The first-order valence-electron chi connectivity index (χ1n) is 19.2. The van der Waals surface area contributed by atoms with Gasteiger partial charge < -0.3 is 48.7 Å². The maximum absolute atomic E-state index is 14.2. The lowest BCUT2D eigenvalue weighted by Gasteiger charge is -2.66. The molecular weight excluding hydrogens is 773 g/mol. The van der Waals surface area contributed by atoms with Crippen LogP contribution in [-0.2, 0) is 42.7 Å². The van der Waals surface area contributed by atoms with Crippen LogP contribution in [0.3, 0.4) is 0 Å². The van der Waals surface area contributed by atoms with E-state index in [9.17, 15) is 29.4 Å². The quantitative estimate of drug-likeness (QED) is 0.180. The molecule has 2 aromatic rings. The molecule has 2 aliphatic heterocycles. The summed E-state index contributed by atoms with van der Waals surface area (Å²) in [5.74, 6) is -3.51. The fourth-order valence-electron chi connectivity index (χ4n) is 9.44. The number of nitrogens with one attached hydrogen (secondary N) is 1. The maximum Gasteiger partial charge on any atom is 0.408 e. The van der Waals surface area contributed by atoms with Gasteiger partial charge in [-0.05, 0) is 75.5 Å². The molecule has 0 unspecified atom stereocenters. The second-order valence-electron chi connectivity index (χ2n) is 16.8. The topological polar surface area (TPSA) is 198 Å². The van der Waals surface area contributed by atoms with Crippen molar-refractivity contribution in [3.8, 4) is 0 Å². The minimum Gasteiger partial charge on any atom is -0.456 e. The molecular formula is C42H50N2O13S. The van der Waals surface area contributed by atoms with E-state index in [0.29, 0.717) is 24.0 Å². The van der Waals surface area contributed by atoms with Gasteiger partial charge in [0.05, 0.1) is 24.2 Å². The standard InChI is InChI=1S/C42H50N2O13S/c1-9-27-53-31-28-21(2)25(52-37(48)30(46)29(35-43-17-18-58-35)44-38(49)57-39(5,6)7)19-41(50,22(28)3)34(55-36(47)24-13-11-10-12-14-24)32-40(8,33(31)54-27)16-15-26-42(32,20-51-26)56-23(4)45/h9-14,17-18,25-27,29-34,46,50H,1,3,15-16,19-20H2,2,4-8H3,(H,44,49)/t25-,26+,27+,29+,30+,31+,32-,33+,34-,40+,41-,42-/m0/s1. The average Bonchev–Trinajstić information content (AvgIpc) is 3.85. The summed E-state index contributed by atoms with van der Waals surface area (Å²) in [6, 6.07) is 6.88. The van der Waals surface area contributed by atoms with Gasteiger partial charge in [-0.2, -0.15) is 0 Å². The predicted molar refractivity (Wildman–Crippen MR) is 206 cm³/mol. The van der Waals surface area contributed by atoms with Gasteiger partial charge in [-0.25, -0.2) is 19.4 Å². The highest BCUT2D eigenvalue weighted by molar-refractivity contribution is 7.09. The SMILES string of the molecule is C=C[C@@H]1O[C@@H]2C3=C(C)[C@@H](OC(=O)[C@H](O)[C@@H](NC(=O)OC(C)(C)C)c4nccs4)C[C@](O)(C3=C)[C@@H](OC(=O)c3ccccc3)[C@H]3[C@@](C)(CC[C@H]4OC[C@]43OC(C)=O)[C@@H]2O1. The van der Waals surface area contributed by atoms with Crippen LogP contribution >= 0.6 is 11.3 Å². The van der Waals surface area contributed by atoms with Gasteiger partial charge in [0.2, 0.25) is 0 Å². The summed E-state index contributed by atoms with van der Waals surface area (Å²) in [4.78, 5) is 58.4. The normalized spacial score (nSPS) is 35.0. The minimum absolute atomic E-state index is 0.0578. The van der Waals surface area contributed by atoms with E-state index in [-0.39, 0.29) is 22.8 Å². The van der Waals surface area contributed by atoms with Gasteiger partial charge in [0.15, 0.2) is 18.0 Å². The number of rotatable bonds is 9. The molecule has 12 atom stereocenters. The van der Waals surface area contributed by atoms with Gasteiger partial charge in [-0.1, -0.05) is 38.3 Å². The number of benzene rings is 1. The second kappa shape index (κ2) is 15.3. The summed E-state index contributed by atoms with van der Waals surface area (Å²) in [5.41, 5.74) is -4.34. The number of carbonyl (C=O) groups is 4. The molecule has 3 N–H and O–H groups in total. The number of esters is 3. The van der Waals surface area contributed by atoms with E-state index in [1.165, 1.54) is 19.2 Å². The van der Waals surface area contributed by atoms with Crippen LogP contribution in [0.1, 0.15) is 82.2 Å². The Labute approximate surface area is 340 Å². The van der Waals surface area contributed by atoms with Crippen molar-refractivity contribution >= 4 is 35.3 Å². The third kappa shape index (κ3) is 7.17. The first-order valence-corrected chi connectivity index (χ1v) is 20.1. The van der Waals surface area contributed by atoms with Crippen LogP contribution in [0.15, 0.2) is 77.9 Å². The minimum atomic E-state index is -2.20. The number of fused-ring (bicyclic) bond motifs is 8. The molecule has 0 radical (unpaired) electrons. The van der Waals surface area contributed by atoms with E-state index < -0.39 is 108 Å². The smallest absolute Gasteiger partial charge is 0.408 e. The zero-order valence-corrected chi connectivity index (χ0v) is 34.1. The van der Waals surface area contributed by atoms with Gasteiger partial charge in [0.1, 0.15) is 46.7 Å². The first kappa shape index (κ1) is 41.7. The Kier molecular flexibility index (Phi) is 11.0. The van der Waals surface area contributed by atoms with Crippen LogP contribution in [0.2, 0.25) is 0 Å². The summed E-state index contributed by atoms with van der Waals surface area (Å²) >= 11 is 1.09. The van der Waals surface area contributed by atoms with E-state index in [4.69, 9.17) is 33.2 Å². The van der Waals surface area contributed by atoms with Crippen molar-refractivity contribution in [2.75, 3.05) is 6.61 Å². The van der Waals surface area contributed by atoms with E-state index in [1.807, 2.05) is 6.92 Å². The number of ether oxygens (including phenoxy) is 7. The van der Waals surface area contributed by atoms with Crippen molar-refractivity contribution in [3.63, 3.8) is 0 Å². The Bertz CT molecular complexity index is 2000. The Hall–Kier alpha value is -4.45. The molecule has 16 heteroatoms. The van der Waals surface area contributed by atoms with Crippen molar-refractivity contribution in [1.29, 1.82) is 0 Å². The molecule has 1 aromatic heterocycles. The largest absolute Gasteiger partial charge is 0.456 e. The number of nitrogens with zero attached hydrogens (tertiary/aromatic N) is 1. The molecule has 7 rings (SSSR count). The number of amides is 1. The summed E-state index contributed by atoms with van der Waals surface area (Å²) in [6.07, 6.45) is -5.48. The van der Waals surface area contributed by atoms with Gasteiger partial charge >= 0.3 is 24.0 Å². The molecule has 3 heterocycles. The molecule has 5 aliphatic rings. The van der Waals surface area contributed by atoms with Crippen LogP contribution in [-0.4, -0.2) is 106 Å². The monoisotopic (exact) mass is 822 g/mol. The lowest BCUT2D eigenvalue weighted by atomic mass is 9.48. The zero-order chi connectivity index (χ0) is 41.9. The first-order chi connectivity index (χ1) is 27.3. The zero-order valence-electron chi connectivity index (χ0n) is 33.3. The fourth-order valence-corrected chi connectivity index (χ4v) is 10.2. The molecule has 2 saturated heterocycles. The molecule has 0 spiro atoms. The number of hydrogen-bond acceptors (Lipinski definition) is 15. The third-order valence-electron chi connectivity index (χ3n) is 12.0. The van der Waals surface area contributed by atoms with Crippen molar-refractivity contribution in [3.05, 3.63) is 88.4 Å². The molecule has 15 nitrogen and oxygen atoms in total. The van der Waals surface area contributed by atoms with E-state index >= 15 is 0 Å². The number of alkyl carbamates (subject to hydrolysis) is 1. The number of thiazole rings is 1. The lowest BCUT2D eigenvalue weighted by Crippen LogP contribution is -2.78. The van der Waals surface area contributed by atoms with Gasteiger partial charge in [-0.15, -0.1) is 11.3 Å². The van der Waals surface area contributed by atoms with Crippen LogP contribution < -0.4 is 5.32 Å². The predicted octanol–water partition coefficient (Wildman–Crippen LogP) is 4.64. The molecule has 3 aliphatic carbocycles. The molecule has 1 aromatic carbocycles. The number of hydrogen-bond donors (Lipinski definition) is 3. The highest BCUT2D eigenvalue weighted by atomic mass is 32.1. The van der Waals surface area contributed by atoms with Gasteiger partial charge in [-0.3, -0.25) is 4.79 Å². The van der Waals surface area contributed by atoms with Crippen molar-refractivity contribution in [1.82, 2.24) is 10.3 Å². The third-order valence-corrected chi connectivity index (χ3v) is 12.9. The van der Waals surface area contributed by atoms with Crippen LogP contribution in [0.4, 0.5) is 4.79 Å². The average molecular weight is 823 g/mol. The molecule has 2 bridgehead atoms. The van der Waals surface area contributed by atoms with Crippen molar-refractivity contribution < 1.29 is 62.5 Å². The highest BCUT2D eigenvalue weighted by Gasteiger charge is 2.75. The van der Waals surface area contributed by atoms with E-state index in [1.54, 1.807) is 63.4 Å². The van der Waals surface area contributed by atoms with Gasteiger partial charge in [0.25, 0.3) is 0 Å². The Balaban J connectivity index is 1.34. The second-order valence-corrected chi connectivity index (χ2v) is 17.8. The van der Waals surface area contributed by atoms with Crippen LogP contribution in [0, 0.1) is 11.3 Å². The molecule has 58 heavy (non-hydrogen) atoms. The molecule has 312 valence electrons. The van der Waals surface area contributed by atoms with Crippen LogP contribution in [0.5, 0.6) is 0 Å². The Morgan fingerprint density at radius 3 is 2.47 bits per heavy atom. The van der Waals surface area contributed by atoms with Gasteiger partial charge in [0, 0.05) is 30.3 Å². The summed E-state index contributed by atoms with van der Waals surface area (Å²) in [7, 11) is 0. The van der Waals surface area contributed by atoms with E-state index in [2.05, 4.69) is 23.5 Å². The van der Waals surface area contributed by atoms with E-state index in [0.717, 1.165) is 11.3 Å². The molecule has 2 saturated carbocycles. The number of aliphatic hydroxyl groups excluding tert-OH is 1. The molecule has 1 amide bonds. The lowest BCUT2D eigenvalue weighted by molar-refractivity contribution is -0.337. The Morgan fingerprint density at radius 2 is 1.86 bits per heavy atom. The Morgan fingerprint density at radius 1 is 1.14 bits per heavy atom. The summed E-state index contributed by atoms with van der Waals surface area (Å²) in [6.45, 7) is 18.2. The number of aliphatic hydroxyl groups is 2. The van der Waals surface area contributed by atoms with Crippen molar-refractivity contribution in [2.45, 2.75) is 127 Å². The number of carbonyl (C=O) groups excluding carboxylic acids is 4.